The fraction of sp³-hybridized carbons (Fsp3) is 0.385. The topological polar surface area (TPSA) is 77.8 Å². The molecular weight excluding hydrogens is 234 g/mol. The number of carboxylic acid groups (broad SMARTS) is 2. The maximum Gasteiger partial charge on any atom is 0.317 e. The lowest BCUT2D eigenvalue weighted by molar-refractivity contribution is -0.142. The molecule has 98 valence electrons. The highest BCUT2D eigenvalue weighted by Gasteiger charge is 2.13. The first-order chi connectivity index (χ1) is 8.51. The van der Waals surface area contributed by atoms with Gasteiger partial charge in [-0.15, -0.1) is 0 Å². The molecule has 0 radical (unpaired) electrons. The maximum atomic E-state index is 10.6. The van der Waals surface area contributed by atoms with Crippen molar-refractivity contribution in [3.63, 3.8) is 0 Å². The smallest absolute Gasteiger partial charge is 0.317 e. The summed E-state index contributed by atoms with van der Waals surface area (Å²) in [5.74, 6) is -2.05. The SMILES string of the molecule is CCc1ccc(CN(CC(=O)O)CC(=O)O)cc1. The Morgan fingerprint density at radius 3 is 1.83 bits per heavy atom. The monoisotopic (exact) mass is 251 g/mol. The molecule has 1 aromatic carbocycles. The first-order valence-corrected chi connectivity index (χ1v) is 5.75. The van der Waals surface area contributed by atoms with E-state index in [1.54, 1.807) is 0 Å². The second-order valence-corrected chi connectivity index (χ2v) is 4.10. The second kappa shape index (κ2) is 6.76. The van der Waals surface area contributed by atoms with Gasteiger partial charge in [-0.3, -0.25) is 14.5 Å². The molecule has 5 heteroatoms. The largest absolute Gasteiger partial charge is 0.480 e. The lowest BCUT2D eigenvalue weighted by atomic mass is 10.1. The molecule has 0 saturated heterocycles. The normalized spacial score (nSPS) is 10.6. The Labute approximate surface area is 106 Å². The molecule has 1 aromatic rings. The van der Waals surface area contributed by atoms with Gasteiger partial charge in [-0.05, 0) is 17.5 Å². The highest BCUT2D eigenvalue weighted by molar-refractivity contribution is 5.72. The van der Waals surface area contributed by atoms with E-state index in [1.165, 1.54) is 10.5 Å². The van der Waals surface area contributed by atoms with Gasteiger partial charge in [0.05, 0.1) is 13.1 Å². The highest BCUT2D eigenvalue weighted by atomic mass is 16.4. The van der Waals surface area contributed by atoms with Crippen LogP contribution in [-0.2, 0) is 22.6 Å². The summed E-state index contributed by atoms with van der Waals surface area (Å²) in [5, 5.41) is 17.4. The van der Waals surface area contributed by atoms with E-state index in [-0.39, 0.29) is 13.1 Å². The molecule has 0 amide bonds. The number of benzene rings is 1. The average molecular weight is 251 g/mol. The van der Waals surface area contributed by atoms with Crippen LogP contribution in [0.4, 0.5) is 0 Å². The Bertz CT molecular complexity index is 398. The molecule has 2 N–H and O–H groups in total. The van der Waals surface area contributed by atoms with Crippen LogP contribution in [-0.4, -0.2) is 40.1 Å². The molecule has 0 bridgehead atoms. The van der Waals surface area contributed by atoms with Crippen molar-refractivity contribution >= 4 is 11.9 Å². The summed E-state index contributed by atoms with van der Waals surface area (Å²) in [6, 6.07) is 7.73. The summed E-state index contributed by atoms with van der Waals surface area (Å²) in [5.41, 5.74) is 2.11. The van der Waals surface area contributed by atoms with Gasteiger partial charge in [-0.2, -0.15) is 0 Å². The average Bonchev–Trinajstić information content (AvgIpc) is 2.28. The van der Waals surface area contributed by atoms with Gasteiger partial charge in [0, 0.05) is 6.54 Å². The van der Waals surface area contributed by atoms with Crippen LogP contribution >= 0.6 is 0 Å². The third kappa shape index (κ3) is 4.97. The molecule has 0 unspecified atom stereocenters. The molecule has 5 nitrogen and oxygen atoms in total. The van der Waals surface area contributed by atoms with Crippen molar-refractivity contribution in [2.24, 2.45) is 0 Å². The number of rotatable bonds is 7. The fourth-order valence-corrected chi connectivity index (χ4v) is 1.69. The zero-order chi connectivity index (χ0) is 13.5. The number of nitrogens with zero attached hydrogens (tertiary/aromatic N) is 1. The summed E-state index contributed by atoms with van der Waals surface area (Å²) in [6.45, 7) is 1.82. The van der Waals surface area contributed by atoms with Crippen LogP contribution in [0.25, 0.3) is 0 Å². The Hall–Kier alpha value is -1.88. The van der Waals surface area contributed by atoms with Crippen LogP contribution in [0.5, 0.6) is 0 Å². The van der Waals surface area contributed by atoms with Crippen molar-refractivity contribution in [2.45, 2.75) is 19.9 Å². The first kappa shape index (κ1) is 14.2. The number of aryl methyl sites for hydroxylation is 1. The van der Waals surface area contributed by atoms with Crippen LogP contribution in [0.2, 0.25) is 0 Å². The minimum atomic E-state index is -1.03. The van der Waals surface area contributed by atoms with Gasteiger partial charge in [0.1, 0.15) is 0 Å². The minimum Gasteiger partial charge on any atom is -0.480 e. The fourth-order valence-electron chi connectivity index (χ4n) is 1.69. The van der Waals surface area contributed by atoms with E-state index >= 15 is 0 Å². The maximum absolute atomic E-state index is 10.6. The van der Waals surface area contributed by atoms with E-state index in [0.29, 0.717) is 6.54 Å². The third-order valence-corrected chi connectivity index (χ3v) is 2.56. The zero-order valence-electron chi connectivity index (χ0n) is 10.3. The van der Waals surface area contributed by atoms with E-state index in [9.17, 15) is 9.59 Å². The summed E-state index contributed by atoms with van der Waals surface area (Å²) in [6.07, 6.45) is 0.939. The molecule has 0 spiro atoms. The molecule has 0 aromatic heterocycles. The highest BCUT2D eigenvalue weighted by Crippen LogP contribution is 2.08. The summed E-state index contributed by atoms with van der Waals surface area (Å²) in [7, 11) is 0. The number of carbonyl (C=O) groups is 2. The van der Waals surface area contributed by atoms with E-state index in [4.69, 9.17) is 10.2 Å². The Morgan fingerprint density at radius 2 is 1.44 bits per heavy atom. The van der Waals surface area contributed by atoms with Gasteiger partial charge >= 0.3 is 11.9 Å². The molecule has 0 aliphatic rings. The van der Waals surface area contributed by atoms with Gasteiger partial charge < -0.3 is 10.2 Å². The van der Waals surface area contributed by atoms with Crippen LogP contribution < -0.4 is 0 Å². The number of hydrogen-bond donors (Lipinski definition) is 2. The van der Waals surface area contributed by atoms with Gasteiger partial charge in [-0.25, -0.2) is 0 Å². The van der Waals surface area contributed by atoms with Crippen molar-refractivity contribution < 1.29 is 19.8 Å². The van der Waals surface area contributed by atoms with Gasteiger partial charge in [-0.1, -0.05) is 31.2 Å². The van der Waals surface area contributed by atoms with Crippen molar-refractivity contribution in [1.82, 2.24) is 4.90 Å². The van der Waals surface area contributed by atoms with Crippen molar-refractivity contribution in [3.05, 3.63) is 35.4 Å². The third-order valence-electron chi connectivity index (χ3n) is 2.56. The standard InChI is InChI=1S/C13H17NO4/c1-2-10-3-5-11(6-4-10)7-14(8-12(15)16)9-13(17)18/h3-6H,2,7-9H2,1H3,(H,15,16)(H,17,18). The van der Waals surface area contributed by atoms with Crippen molar-refractivity contribution in [3.8, 4) is 0 Å². The van der Waals surface area contributed by atoms with E-state index < -0.39 is 11.9 Å². The second-order valence-electron chi connectivity index (χ2n) is 4.10. The quantitative estimate of drug-likeness (QED) is 0.762. The van der Waals surface area contributed by atoms with Crippen LogP contribution in [0.3, 0.4) is 0 Å². The Morgan fingerprint density at radius 1 is 1.00 bits per heavy atom. The molecule has 0 saturated carbocycles. The zero-order valence-corrected chi connectivity index (χ0v) is 10.3. The molecule has 0 heterocycles. The van der Waals surface area contributed by atoms with E-state index in [1.807, 2.05) is 24.3 Å². The van der Waals surface area contributed by atoms with Crippen molar-refractivity contribution in [2.75, 3.05) is 13.1 Å². The molecule has 0 aliphatic heterocycles. The van der Waals surface area contributed by atoms with Crippen molar-refractivity contribution in [1.29, 1.82) is 0 Å². The molecule has 0 fully saturated rings. The lowest BCUT2D eigenvalue weighted by Gasteiger charge is -2.18. The minimum absolute atomic E-state index is 0.276. The van der Waals surface area contributed by atoms with Gasteiger partial charge in [0.25, 0.3) is 0 Å². The van der Waals surface area contributed by atoms with Crippen LogP contribution in [0, 0.1) is 0 Å². The van der Waals surface area contributed by atoms with Gasteiger partial charge in [0.2, 0.25) is 0 Å². The summed E-state index contributed by atoms with van der Waals surface area (Å²) >= 11 is 0. The van der Waals surface area contributed by atoms with Gasteiger partial charge in [0.15, 0.2) is 0 Å². The molecule has 0 atom stereocenters. The summed E-state index contributed by atoms with van der Waals surface area (Å²) < 4.78 is 0. The van der Waals surface area contributed by atoms with E-state index in [0.717, 1.165) is 12.0 Å². The number of hydrogen-bond acceptors (Lipinski definition) is 3. The Balaban J connectivity index is 2.68. The molecule has 1 rings (SSSR count). The number of aliphatic carboxylic acids is 2. The lowest BCUT2D eigenvalue weighted by Crippen LogP contribution is -2.33. The van der Waals surface area contributed by atoms with Crippen LogP contribution in [0.1, 0.15) is 18.1 Å². The molecule has 0 aliphatic carbocycles. The number of carboxylic acids is 2. The predicted molar refractivity (Wildman–Crippen MR) is 66.4 cm³/mol. The molecule has 18 heavy (non-hydrogen) atoms. The predicted octanol–water partition coefficient (Wildman–Crippen LogP) is 1.22. The van der Waals surface area contributed by atoms with Crippen LogP contribution in [0.15, 0.2) is 24.3 Å². The Kier molecular flexibility index (Phi) is 5.32. The first-order valence-electron chi connectivity index (χ1n) is 5.75. The van der Waals surface area contributed by atoms with E-state index in [2.05, 4.69) is 6.92 Å². The molecular formula is C13H17NO4. The summed E-state index contributed by atoms with van der Waals surface area (Å²) in [4.78, 5) is 22.7.